The number of anilines is 2. The second-order valence-electron chi connectivity index (χ2n) is 13.9. The molecule has 0 aliphatic rings. The van der Waals surface area contributed by atoms with Crippen molar-refractivity contribution in [2.24, 2.45) is 11.7 Å². The number of nitrogens with one attached hydrogen (secondary N) is 2. The van der Waals surface area contributed by atoms with Crippen LogP contribution in [-0.4, -0.2) is 80.2 Å². The Balaban J connectivity index is 0.000000994. The van der Waals surface area contributed by atoms with Gasteiger partial charge in [-0.15, -0.1) is 0 Å². The number of nitriles is 2. The highest BCUT2D eigenvalue weighted by Gasteiger charge is 2.31. The Labute approximate surface area is 449 Å². The number of halogens is 16. The molecule has 0 saturated carbocycles. The van der Waals surface area contributed by atoms with Crippen LogP contribution in [0.2, 0.25) is 0 Å². The number of aromatic nitrogens is 6. The molecule has 0 fully saturated rings. The first kappa shape index (κ1) is 72.4. The van der Waals surface area contributed by atoms with E-state index in [-0.39, 0.29) is 50.9 Å². The molecule has 25 nitrogen and oxygen atoms in total. The third-order valence-electron chi connectivity index (χ3n) is 7.74. The molecule has 6 rings (SSSR count). The number of hydrazine groups is 1. The van der Waals surface area contributed by atoms with Gasteiger partial charge in [0.25, 0.3) is 39.5 Å². The lowest BCUT2D eigenvalue weighted by atomic mass is 10.3. The van der Waals surface area contributed by atoms with Gasteiger partial charge in [-0.1, -0.05) is 29.6 Å². The van der Waals surface area contributed by atoms with Gasteiger partial charge in [-0.25, -0.2) is 32.3 Å². The Morgan fingerprint density at radius 2 is 1.04 bits per heavy atom. The molecule has 9 N–H and O–H groups in total. The average molecular weight is 1240 g/mol. The predicted octanol–water partition coefficient (Wildman–Crippen LogP) is 6.63. The third-order valence-corrected chi connectivity index (χ3v) is 9.53. The number of carboxylic acids is 1. The first-order valence-electron chi connectivity index (χ1n) is 20.1. The summed E-state index contributed by atoms with van der Waals surface area (Å²) in [4.78, 5) is 92.9. The second kappa shape index (κ2) is 31.8. The van der Waals surface area contributed by atoms with Gasteiger partial charge in [-0.05, 0) is 0 Å². The normalized spacial score (nSPS) is 10.6. The van der Waals surface area contributed by atoms with Crippen molar-refractivity contribution in [3.05, 3.63) is 166 Å². The summed E-state index contributed by atoms with van der Waals surface area (Å²) in [7, 11) is 0. The quantitative estimate of drug-likeness (QED) is 0.0403. The first-order valence-corrected chi connectivity index (χ1v) is 21.7. The van der Waals surface area contributed by atoms with Gasteiger partial charge in [0.15, 0.2) is 33.3 Å². The van der Waals surface area contributed by atoms with Crippen molar-refractivity contribution in [1.82, 2.24) is 28.7 Å². The monoisotopic (exact) mass is 1240 g/mol. The summed E-state index contributed by atoms with van der Waals surface area (Å²) in [5, 5.41) is 47.7. The Morgan fingerprint density at radius 1 is 0.659 bits per heavy atom. The van der Waals surface area contributed by atoms with Crippen LogP contribution >= 0.6 is 22.7 Å². The smallest absolute Gasteiger partial charge is 0.406 e. The molecule has 6 aromatic rings. The molecule has 0 aliphatic heterocycles. The molecule has 1 amide bonds. The van der Waals surface area contributed by atoms with Gasteiger partial charge >= 0.3 is 30.7 Å². The molecule has 0 spiro atoms. The minimum atomic E-state index is -4.76. The van der Waals surface area contributed by atoms with Crippen molar-refractivity contribution in [1.29, 1.82) is 10.5 Å². The van der Waals surface area contributed by atoms with Gasteiger partial charge in [-0.2, -0.15) is 63.2 Å². The number of nitrogens with zero attached hydrogens (tertiary/aromatic N) is 9. The number of rotatable bonds is 8. The summed E-state index contributed by atoms with van der Waals surface area (Å²) in [5.41, 5.74) is -2.17. The van der Waals surface area contributed by atoms with Gasteiger partial charge in [0.2, 0.25) is 0 Å². The minimum absolute atomic E-state index is 0.00975. The van der Waals surface area contributed by atoms with E-state index in [1.54, 1.807) is 12.1 Å². The molecule has 82 heavy (non-hydrogen) atoms. The van der Waals surface area contributed by atoms with Crippen LogP contribution in [0.1, 0.15) is 42.7 Å². The number of aromatic carboxylic acids is 1. The number of thiazole rings is 2. The topological polar surface area (TPSA) is 403 Å². The van der Waals surface area contributed by atoms with E-state index in [0.29, 0.717) is 30.6 Å². The van der Waals surface area contributed by atoms with Gasteiger partial charge in [0.1, 0.15) is 41.5 Å². The van der Waals surface area contributed by atoms with Gasteiger partial charge in [0.05, 0.1) is 58.1 Å². The molecular weight excluding hydrogens is 1210 g/mol. The van der Waals surface area contributed by atoms with Crippen molar-refractivity contribution < 1.29 is 94.8 Å². The molecule has 0 atom stereocenters. The van der Waals surface area contributed by atoms with E-state index >= 15 is 0 Å². The first-order chi connectivity index (χ1) is 37.6. The van der Waals surface area contributed by atoms with E-state index in [2.05, 4.69) is 27.0 Å². The van der Waals surface area contributed by atoms with Crippen molar-refractivity contribution in [3.63, 3.8) is 0 Å². The minimum Gasteiger partial charge on any atom is -0.477 e. The van der Waals surface area contributed by atoms with Gasteiger partial charge in [0, 0.05) is 30.9 Å². The number of hydrogen-bond acceptors (Lipinski definition) is 19. The lowest BCUT2D eigenvalue weighted by molar-refractivity contribution is -0.385. The SMILES string of the molecule is CCC(F)(F)F.N#Cc1ncc(C(=O)Nc2cc(F)c(=O)n(CC(F)(F)F)c2)s1.N#Cc1ncc(C(=O)O)s1.NN.Nc1cc(F)c(=O)n(CC(F)(F)F)c1.O=c1[nH]cc([N+](=O)[O-])cc1F.O=c1c(F)cc([N+](=O)[O-])cn1CC(F)(F)F. The van der Waals surface area contributed by atoms with Crippen molar-refractivity contribution >= 4 is 57.3 Å². The number of pyridine rings is 4. The lowest BCUT2D eigenvalue weighted by Gasteiger charge is -2.11. The summed E-state index contributed by atoms with van der Waals surface area (Å²) in [6.07, 6.45) is -13.9. The van der Waals surface area contributed by atoms with Crippen molar-refractivity contribution in [3.8, 4) is 12.1 Å². The number of alkyl halides is 12. The Kier molecular flexibility index (Phi) is 28.1. The van der Waals surface area contributed by atoms with E-state index in [9.17, 15) is 119 Å². The number of carboxylic acid groups (broad SMARTS) is 1. The molecule has 6 aromatic heterocycles. The fourth-order valence-corrected chi connectivity index (χ4v) is 5.66. The molecule has 43 heteroatoms. The Hall–Kier alpha value is -9.62. The van der Waals surface area contributed by atoms with Crippen LogP contribution in [0.3, 0.4) is 0 Å². The number of amides is 1. The molecule has 446 valence electrons. The van der Waals surface area contributed by atoms with Crippen molar-refractivity contribution in [2.45, 2.75) is 57.7 Å². The van der Waals surface area contributed by atoms with Crippen LogP contribution in [0.25, 0.3) is 0 Å². The Morgan fingerprint density at radius 3 is 1.40 bits per heavy atom. The van der Waals surface area contributed by atoms with Crippen LogP contribution in [0.5, 0.6) is 0 Å². The number of nitrogen functional groups attached to an aromatic ring is 1. The van der Waals surface area contributed by atoms with Crippen LogP contribution < -0.4 is 45.0 Å². The maximum absolute atomic E-state index is 13.4. The lowest BCUT2D eigenvalue weighted by Crippen LogP contribution is -2.30. The highest BCUT2D eigenvalue weighted by molar-refractivity contribution is 7.14. The van der Waals surface area contributed by atoms with E-state index in [1.165, 1.54) is 6.20 Å². The van der Waals surface area contributed by atoms with Crippen molar-refractivity contribution in [2.75, 3.05) is 11.1 Å². The van der Waals surface area contributed by atoms with E-state index in [0.717, 1.165) is 48.2 Å². The van der Waals surface area contributed by atoms with Crippen LogP contribution in [-0.2, 0) is 19.6 Å². The van der Waals surface area contributed by atoms with Crippen LogP contribution in [0.15, 0.2) is 80.6 Å². The molecule has 0 aliphatic carbocycles. The maximum Gasteiger partial charge on any atom is 0.406 e. The number of nitrogens with two attached hydrogens (primary N) is 3. The number of aromatic amines is 1. The zero-order valence-electron chi connectivity index (χ0n) is 39.8. The fourth-order valence-electron chi connectivity index (χ4n) is 4.50. The largest absolute Gasteiger partial charge is 0.477 e. The molecule has 0 radical (unpaired) electrons. The Bertz CT molecular complexity index is 3510. The van der Waals surface area contributed by atoms with Crippen LogP contribution in [0.4, 0.5) is 93.0 Å². The second-order valence-corrected chi connectivity index (χ2v) is 16.0. The zero-order valence-corrected chi connectivity index (χ0v) is 41.4. The van der Waals surface area contributed by atoms with Crippen LogP contribution in [0, 0.1) is 66.2 Å². The number of hydrogen-bond donors (Lipinski definition) is 6. The molecule has 0 unspecified atom stereocenters. The van der Waals surface area contributed by atoms with E-state index in [4.69, 9.17) is 21.4 Å². The zero-order chi connectivity index (χ0) is 63.8. The van der Waals surface area contributed by atoms with Gasteiger partial charge < -0.3 is 30.3 Å². The fraction of sp³-hybridized carbons (Fsp3) is 0.231. The van der Waals surface area contributed by atoms with E-state index < -0.39 is 129 Å². The molecule has 0 aromatic carbocycles. The summed E-state index contributed by atoms with van der Waals surface area (Å²) in [6, 6.07) is 5.59. The standard InChI is InChI=1S/C12H6F4N4O2S.C7H4F4N2O3.C7H6F4N2O.C5H3FN2O3.C5H2N2O2S.C3H5F3.H4N2/c13-7-1-6(4-20(11(7)22)5-12(14,15)16)19-10(21)8-3-18-9(2-17)23-8;8-5-1-4(13(15)16)2-12(6(5)14)3-7(9,10)11;8-5-1-4(12)2-13(6(5)14)3-7(9,10)11;6-4-1-3(8(10)11)2-7-5(4)9;6-1-4-7-2-3(10-4)5(8)9;1-2-3(4,5)6;1-2/h1,3-4H,5H2,(H,19,21);1-2H,3H2;1-2H,3,12H2;1-2H,(H,7,9);2H,(H,8,9);2H2,1H3;1-2H2. The highest BCUT2D eigenvalue weighted by atomic mass is 32.1. The average Bonchev–Trinajstić information content (AvgIpc) is 4.06. The number of nitro groups is 2. The summed E-state index contributed by atoms with van der Waals surface area (Å²) in [6.45, 7) is -3.93. The summed E-state index contributed by atoms with van der Waals surface area (Å²) < 4.78 is 192. The molecule has 6 heterocycles. The summed E-state index contributed by atoms with van der Waals surface area (Å²) >= 11 is 1.62. The van der Waals surface area contributed by atoms with E-state index in [1.807, 2.05) is 4.98 Å². The molecular formula is C39H30F16N14O11S2. The predicted molar refractivity (Wildman–Crippen MR) is 248 cm³/mol. The van der Waals surface area contributed by atoms with Gasteiger partial charge in [-0.3, -0.25) is 60.5 Å². The maximum atomic E-state index is 13.4. The number of carbonyl (C=O) groups is 2. The highest BCUT2D eigenvalue weighted by Crippen LogP contribution is 2.22. The number of carbonyl (C=O) groups excluding carboxylic acids is 1. The molecule has 0 bridgehead atoms. The number of H-pyrrole nitrogens is 1. The third kappa shape index (κ3) is 27.3. The summed E-state index contributed by atoms with van der Waals surface area (Å²) in [5.74, 6) is 0.681. The molecule has 0 saturated heterocycles.